The molecule has 1 heterocycles. The van der Waals surface area contributed by atoms with Gasteiger partial charge in [0.15, 0.2) is 0 Å². The van der Waals surface area contributed by atoms with Gasteiger partial charge in [0, 0.05) is 11.6 Å². The van der Waals surface area contributed by atoms with E-state index < -0.39 is 18.0 Å². The Morgan fingerprint density at radius 2 is 2.00 bits per heavy atom. The lowest BCUT2D eigenvalue weighted by Crippen LogP contribution is -2.49. The van der Waals surface area contributed by atoms with Crippen molar-refractivity contribution in [2.24, 2.45) is 5.92 Å². The molecule has 0 aliphatic heterocycles. The van der Waals surface area contributed by atoms with E-state index in [1.165, 1.54) is 11.3 Å². The van der Waals surface area contributed by atoms with Crippen LogP contribution in [0.3, 0.4) is 0 Å². The molecule has 2 atom stereocenters. The molecule has 0 bridgehead atoms. The summed E-state index contributed by atoms with van der Waals surface area (Å²) in [5.74, 6) is -1.22. The van der Waals surface area contributed by atoms with E-state index in [1.54, 1.807) is 27.0 Å². The predicted molar refractivity (Wildman–Crippen MR) is 68.5 cm³/mol. The monoisotopic (exact) mass is 271 g/mol. The number of aromatic nitrogens is 1. The summed E-state index contributed by atoms with van der Waals surface area (Å²) in [5, 5.41) is 16.6. The number of carboxylic acids is 1. The zero-order valence-corrected chi connectivity index (χ0v) is 11.3. The van der Waals surface area contributed by atoms with E-state index in [-0.39, 0.29) is 12.0 Å². The van der Waals surface area contributed by atoms with Gasteiger partial charge in [0.25, 0.3) is 0 Å². The van der Waals surface area contributed by atoms with Gasteiger partial charge in [-0.15, -0.1) is 11.3 Å². The number of hydrogen-bond donors (Lipinski definition) is 3. The Labute approximate surface area is 109 Å². The van der Waals surface area contributed by atoms with Crippen molar-refractivity contribution in [3.05, 3.63) is 16.6 Å². The number of carboxylic acid groups (broad SMARTS) is 1. The van der Waals surface area contributed by atoms with Gasteiger partial charge in [-0.3, -0.25) is 0 Å². The van der Waals surface area contributed by atoms with Crippen molar-refractivity contribution in [2.75, 3.05) is 0 Å². The summed E-state index contributed by atoms with van der Waals surface area (Å²) in [5.41, 5.74) is 0. The maximum atomic E-state index is 11.7. The first-order chi connectivity index (χ1) is 8.41. The second-order valence-electron chi connectivity index (χ2n) is 4.27. The summed E-state index contributed by atoms with van der Waals surface area (Å²) < 4.78 is 0. The van der Waals surface area contributed by atoms with Crippen LogP contribution < -0.4 is 10.6 Å². The highest BCUT2D eigenvalue weighted by molar-refractivity contribution is 7.09. The van der Waals surface area contributed by atoms with Gasteiger partial charge in [-0.05, 0) is 12.8 Å². The fourth-order valence-corrected chi connectivity index (χ4v) is 2.05. The summed E-state index contributed by atoms with van der Waals surface area (Å²) >= 11 is 1.43. The SMILES string of the molecule is CC(NC(=O)N[C@@H](C(=O)O)C(C)C)c1nccs1. The number of nitrogens with zero attached hydrogens (tertiary/aromatic N) is 1. The van der Waals surface area contributed by atoms with Crippen molar-refractivity contribution in [2.45, 2.75) is 32.9 Å². The number of nitrogens with one attached hydrogen (secondary N) is 2. The number of carbonyl (C=O) groups is 2. The standard InChI is InChI=1S/C11H17N3O3S/c1-6(2)8(10(15)16)14-11(17)13-7(3)9-12-4-5-18-9/h4-8H,1-3H3,(H,15,16)(H2,13,14,17)/t7?,8-/m1/s1. The minimum Gasteiger partial charge on any atom is -0.480 e. The first-order valence-corrected chi connectivity index (χ1v) is 6.49. The molecule has 0 aromatic carbocycles. The molecular weight excluding hydrogens is 254 g/mol. The van der Waals surface area contributed by atoms with E-state index in [0.29, 0.717) is 0 Å². The molecule has 2 amide bonds. The van der Waals surface area contributed by atoms with Crippen molar-refractivity contribution in [3.63, 3.8) is 0 Å². The van der Waals surface area contributed by atoms with Gasteiger partial charge >= 0.3 is 12.0 Å². The molecule has 18 heavy (non-hydrogen) atoms. The molecule has 0 radical (unpaired) electrons. The van der Waals surface area contributed by atoms with Crippen molar-refractivity contribution in [3.8, 4) is 0 Å². The Morgan fingerprint density at radius 1 is 1.33 bits per heavy atom. The molecule has 1 unspecified atom stereocenters. The van der Waals surface area contributed by atoms with Gasteiger partial charge in [-0.1, -0.05) is 13.8 Å². The first-order valence-electron chi connectivity index (χ1n) is 5.61. The Morgan fingerprint density at radius 3 is 2.44 bits per heavy atom. The molecule has 1 rings (SSSR count). The summed E-state index contributed by atoms with van der Waals surface area (Å²) in [7, 11) is 0. The Balaban J connectivity index is 2.53. The molecule has 1 aromatic rings. The number of thiazole rings is 1. The Hall–Kier alpha value is -1.63. The molecule has 6 nitrogen and oxygen atoms in total. The Bertz CT molecular complexity index is 406. The van der Waals surface area contributed by atoms with E-state index in [0.717, 1.165) is 5.01 Å². The molecule has 0 fully saturated rings. The third kappa shape index (κ3) is 3.99. The topological polar surface area (TPSA) is 91.3 Å². The molecule has 7 heteroatoms. The van der Waals surface area contributed by atoms with E-state index in [1.807, 2.05) is 5.38 Å². The maximum absolute atomic E-state index is 11.7. The second kappa shape index (κ2) is 6.34. The number of amides is 2. The molecule has 100 valence electrons. The Kier molecular flexibility index (Phi) is 5.08. The van der Waals surface area contributed by atoms with E-state index in [2.05, 4.69) is 15.6 Å². The predicted octanol–water partition coefficient (Wildman–Crippen LogP) is 1.61. The summed E-state index contributed by atoms with van der Waals surface area (Å²) in [6, 6.07) is -1.64. The number of carbonyl (C=O) groups excluding carboxylic acids is 1. The molecule has 0 saturated heterocycles. The molecule has 1 aromatic heterocycles. The molecular formula is C11H17N3O3S. The number of rotatable bonds is 5. The van der Waals surface area contributed by atoms with Crippen molar-refractivity contribution >= 4 is 23.3 Å². The van der Waals surface area contributed by atoms with Crippen molar-refractivity contribution in [1.29, 1.82) is 0 Å². The lowest BCUT2D eigenvalue weighted by molar-refractivity contribution is -0.140. The highest BCUT2D eigenvalue weighted by Crippen LogP contribution is 2.14. The third-order valence-corrected chi connectivity index (χ3v) is 3.35. The van der Waals surface area contributed by atoms with Crippen LogP contribution in [0, 0.1) is 5.92 Å². The largest absolute Gasteiger partial charge is 0.480 e. The highest BCUT2D eigenvalue weighted by atomic mass is 32.1. The highest BCUT2D eigenvalue weighted by Gasteiger charge is 2.24. The third-order valence-electron chi connectivity index (χ3n) is 2.39. The van der Waals surface area contributed by atoms with Crippen LogP contribution in [0.1, 0.15) is 31.8 Å². The normalized spacial score (nSPS) is 14.0. The smallest absolute Gasteiger partial charge is 0.326 e. The van der Waals surface area contributed by atoms with Gasteiger partial charge in [0.1, 0.15) is 11.0 Å². The summed E-state index contributed by atoms with van der Waals surface area (Å²) in [4.78, 5) is 26.7. The minimum absolute atomic E-state index is 0.177. The quantitative estimate of drug-likeness (QED) is 0.758. The van der Waals surface area contributed by atoms with Gasteiger partial charge in [-0.2, -0.15) is 0 Å². The van der Waals surface area contributed by atoms with Crippen LogP contribution in [0.2, 0.25) is 0 Å². The number of urea groups is 1. The van der Waals surface area contributed by atoms with Crippen LogP contribution >= 0.6 is 11.3 Å². The summed E-state index contributed by atoms with van der Waals surface area (Å²) in [6.07, 6.45) is 1.66. The van der Waals surface area contributed by atoms with Crippen LogP contribution in [0.4, 0.5) is 4.79 Å². The van der Waals surface area contributed by atoms with Gasteiger partial charge in [-0.25, -0.2) is 14.6 Å². The van der Waals surface area contributed by atoms with Crippen molar-refractivity contribution < 1.29 is 14.7 Å². The maximum Gasteiger partial charge on any atom is 0.326 e. The number of hydrogen-bond acceptors (Lipinski definition) is 4. The van der Waals surface area contributed by atoms with Gasteiger partial charge in [0.2, 0.25) is 0 Å². The minimum atomic E-state index is -1.04. The average molecular weight is 271 g/mol. The van der Waals surface area contributed by atoms with Gasteiger partial charge in [0.05, 0.1) is 6.04 Å². The fraction of sp³-hybridized carbons (Fsp3) is 0.545. The zero-order valence-electron chi connectivity index (χ0n) is 10.5. The molecule has 3 N–H and O–H groups in total. The van der Waals surface area contributed by atoms with Crippen LogP contribution in [0.25, 0.3) is 0 Å². The van der Waals surface area contributed by atoms with Crippen LogP contribution in [0.15, 0.2) is 11.6 Å². The van der Waals surface area contributed by atoms with E-state index in [4.69, 9.17) is 5.11 Å². The van der Waals surface area contributed by atoms with Crippen LogP contribution in [-0.2, 0) is 4.79 Å². The molecule has 0 saturated carbocycles. The fourth-order valence-electron chi connectivity index (χ4n) is 1.40. The average Bonchev–Trinajstić information content (AvgIpc) is 2.78. The van der Waals surface area contributed by atoms with Crippen LogP contribution in [-0.4, -0.2) is 28.1 Å². The van der Waals surface area contributed by atoms with Crippen molar-refractivity contribution in [1.82, 2.24) is 15.6 Å². The van der Waals surface area contributed by atoms with E-state index >= 15 is 0 Å². The van der Waals surface area contributed by atoms with Gasteiger partial charge < -0.3 is 15.7 Å². The van der Waals surface area contributed by atoms with E-state index in [9.17, 15) is 9.59 Å². The molecule has 0 aliphatic carbocycles. The molecule has 0 aliphatic rings. The number of aliphatic carboxylic acids is 1. The lowest BCUT2D eigenvalue weighted by atomic mass is 10.1. The zero-order chi connectivity index (χ0) is 13.7. The van der Waals surface area contributed by atoms with Crippen LogP contribution in [0.5, 0.6) is 0 Å². The first kappa shape index (κ1) is 14.4. The summed E-state index contributed by atoms with van der Waals surface area (Å²) in [6.45, 7) is 5.27. The lowest BCUT2D eigenvalue weighted by Gasteiger charge is -2.19. The second-order valence-corrected chi connectivity index (χ2v) is 5.20. The molecule has 0 spiro atoms.